The topological polar surface area (TPSA) is 17.1 Å². The van der Waals surface area contributed by atoms with E-state index in [1.807, 2.05) is 24.3 Å². The molecule has 0 radical (unpaired) electrons. The van der Waals surface area contributed by atoms with Crippen LogP contribution in [-0.4, -0.2) is 10.9 Å². The SMILES string of the molecule is CC(=O)SCC#Cc1cccc(CCl)c1. The van der Waals surface area contributed by atoms with E-state index in [1.165, 1.54) is 11.8 Å². The fourth-order valence-electron chi connectivity index (χ4n) is 1.01. The zero-order valence-corrected chi connectivity index (χ0v) is 9.99. The van der Waals surface area contributed by atoms with Gasteiger partial charge in [-0.1, -0.05) is 35.7 Å². The molecule has 0 fully saturated rings. The Morgan fingerprint density at radius 3 is 3.00 bits per heavy atom. The predicted molar refractivity (Wildman–Crippen MR) is 66.0 cm³/mol. The van der Waals surface area contributed by atoms with Crippen LogP contribution in [0.15, 0.2) is 24.3 Å². The maximum Gasteiger partial charge on any atom is 0.186 e. The average molecular weight is 239 g/mol. The van der Waals surface area contributed by atoms with E-state index in [2.05, 4.69) is 11.8 Å². The predicted octanol–water partition coefficient (Wildman–Crippen LogP) is 3.06. The number of halogens is 1. The van der Waals surface area contributed by atoms with Crippen LogP contribution < -0.4 is 0 Å². The van der Waals surface area contributed by atoms with Crippen LogP contribution in [0.2, 0.25) is 0 Å². The fraction of sp³-hybridized carbons (Fsp3) is 0.250. The van der Waals surface area contributed by atoms with Gasteiger partial charge in [-0.15, -0.1) is 11.6 Å². The van der Waals surface area contributed by atoms with Crippen molar-refractivity contribution in [3.05, 3.63) is 35.4 Å². The first kappa shape index (κ1) is 12.2. The number of rotatable bonds is 2. The number of benzene rings is 1. The molecule has 0 heterocycles. The first-order valence-electron chi connectivity index (χ1n) is 4.49. The van der Waals surface area contributed by atoms with Crippen molar-refractivity contribution in [3.63, 3.8) is 0 Å². The van der Waals surface area contributed by atoms with Crippen molar-refractivity contribution in [3.8, 4) is 11.8 Å². The molecule has 0 aliphatic carbocycles. The minimum absolute atomic E-state index is 0.0961. The highest BCUT2D eigenvalue weighted by molar-refractivity contribution is 8.13. The Morgan fingerprint density at radius 1 is 1.53 bits per heavy atom. The summed E-state index contributed by atoms with van der Waals surface area (Å²) in [4.78, 5) is 10.6. The lowest BCUT2D eigenvalue weighted by atomic mass is 10.1. The monoisotopic (exact) mass is 238 g/mol. The minimum atomic E-state index is 0.0961. The summed E-state index contributed by atoms with van der Waals surface area (Å²) in [6.07, 6.45) is 0. The van der Waals surface area contributed by atoms with E-state index in [-0.39, 0.29) is 5.12 Å². The molecule has 0 aromatic heterocycles. The molecular formula is C12H11ClOS. The normalized spacial score (nSPS) is 9.20. The van der Waals surface area contributed by atoms with Crippen LogP contribution >= 0.6 is 23.4 Å². The molecule has 3 heteroatoms. The summed E-state index contributed by atoms with van der Waals surface area (Å²) in [7, 11) is 0. The highest BCUT2D eigenvalue weighted by atomic mass is 35.5. The van der Waals surface area contributed by atoms with Crippen molar-refractivity contribution in [2.45, 2.75) is 12.8 Å². The molecule has 0 N–H and O–H groups in total. The highest BCUT2D eigenvalue weighted by Crippen LogP contribution is 2.06. The molecule has 0 saturated carbocycles. The second-order valence-corrected chi connectivity index (χ2v) is 4.34. The molecule has 0 bridgehead atoms. The van der Waals surface area contributed by atoms with Crippen LogP contribution in [0, 0.1) is 11.8 Å². The molecular weight excluding hydrogens is 228 g/mol. The summed E-state index contributed by atoms with van der Waals surface area (Å²) in [5.74, 6) is 6.97. The van der Waals surface area contributed by atoms with Gasteiger partial charge in [0, 0.05) is 18.4 Å². The van der Waals surface area contributed by atoms with Crippen LogP contribution in [0.4, 0.5) is 0 Å². The van der Waals surface area contributed by atoms with Gasteiger partial charge in [0.2, 0.25) is 0 Å². The molecule has 1 rings (SSSR count). The maximum absolute atomic E-state index is 10.6. The fourth-order valence-corrected chi connectivity index (χ4v) is 1.52. The molecule has 1 aromatic carbocycles. The van der Waals surface area contributed by atoms with Crippen LogP contribution in [-0.2, 0) is 10.7 Å². The van der Waals surface area contributed by atoms with Gasteiger partial charge in [0.1, 0.15) is 0 Å². The van der Waals surface area contributed by atoms with E-state index >= 15 is 0 Å². The first-order valence-corrected chi connectivity index (χ1v) is 6.01. The van der Waals surface area contributed by atoms with Crippen LogP contribution in [0.3, 0.4) is 0 Å². The molecule has 0 aliphatic heterocycles. The van der Waals surface area contributed by atoms with E-state index in [1.54, 1.807) is 6.92 Å². The number of carbonyl (C=O) groups excluding carboxylic acids is 1. The quantitative estimate of drug-likeness (QED) is 0.582. The number of alkyl halides is 1. The van der Waals surface area contributed by atoms with Gasteiger partial charge < -0.3 is 0 Å². The number of hydrogen-bond acceptors (Lipinski definition) is 2. The average Bonchev–Trinajstić information content (AvgIpc) is 2.24. The van der Waals surface area contributed by atoms with Crippen molar-refractivity contribution in [1.29, 1.82) is 0 Å². The molecule has 1 nitrogen and oxygen atoms in total. The van der Waals surface area contributed by atoms with Gasteiger partial charge in [0.25, 0.3) is 0 Å². The Balaban J connectivity index is 2.59. The summed E-state index contributed by atoms with van der Waals surface area (Å²) in [6, 6.07) is 7.78. The Hall–Kier alpha value is -0.910. The van der Waals surface area contributed by atoms with Crippen molar-refractivity contribution in [2.24, 2.45) is 0 Å². The van der Waals surface area contributed by atoms with Gasteiger partial charge in [-0.05, 0) is 17.7 Å². The minimum Gasteiger partial charge on any atom is -0.288 e. The zero-order chi connectivity index (χ0) is 11.1. The van der Waals surface area contributed by atoms with Crippen LogP contribution in [0.25, 0.3) is 0 Å². The van der Waals surface area contributed by atoms with Gasteiger partial charge in [-0.25, -0.2) is 0 Å². The summed E-state index contributed by atoms with van der Waals surface area (Å²) in [6.45, 7) is 1.54. The molecule has 0 saturated heterocycles. The van der Waals surface area contributed by atoms with E-state index < -0.39 is 0 Å². The molecule has 15 heavy (non-hydrogen) atoms. The second-order valence-electron chi connectivity index (χ2n) is 2.92. The van der Waals surface area contributed by atoms with Gasteiger partial charge in [-0.3, -0.25) is 4.79 Å². The van der Waals surface area contributed by atoms with Crippen molar-refractivity contribution < 1.29 is 4.79 Å². The molecule has 1 aromatic rings. The van der Waals surface area contributed by atoms with E-state index in [0.717, 1.165) is 11.1 Å². The van der Waals surface area contributed by atoms with Crippen LogP contribution in [0.5, 0.6) is 0 Å². The van der Waals surface area contributed by atoms with Gasteiger partial charge in [0.15, 0.2) is 5.12 Å². The standard InChI is InChI=1S/C12H11ClOS/c1-10(14)15-7-3-6-11-4-2-5-12(8-11)9-13/h2,4-5,8H,7,9H2,1H3. The summed E-state index contributed by atoms with van der Waals surface area (Å²) in [5, 5.41) is 0.0961. The molecule has 0 spiro atoms. The first-order chi connectivity index (χ1) is 7.22. The summed E-state index contributed by atoms with van der Waals surface area (Å²) >= 11 is 6.93. The molecule has 78 valence electrons. The third-order valence-corrected chi connectivity index (χ3v) is 2.67. The van der Waals surface area contributed by atoms with Crippen molar-refractivity contribution >= 4 is 28.5 Å². The van der Waals surface area contributed by atoms with E-state index in [9.17, 15) is 4.79 Å². The number of carbonyl (C=O) groups is 1. The van der Waals surface area contributed by atoms with Gasteiger partial charge >= 0.3 is 0 Å². The third kappa shape index (κ3) is 4.92. The van der Waals surface area contributed by atoms with Gasteiger partial charge in [0.05, 0.1) is 5.75 Å². The number of thioether (sulfide) groups is 1. The smallest absolute Gasteiger partial charge is 0.186 e. The molecule has 0 unspecified atom stereocenters. The van der Waals surface area contributed by atoms with Crippen molar-refractivity contribution in [1.82, 2.24) is 0 Å². The third-order valence-electron chi connectivity index (χ3n) is 1.66. The lowest BCUT2D eigenvalue weighted by Gasteiger charge is -1.94. The second kappa shape index (κ2) is 6.55. The molecule has 0 atom stereocenters. The van der Waals surface area contributed by atoms with Crippen molar-refractivity contribution in [2.75, 3.05) is 5.75 Å². The summed E-state index contributed by atoms with van der Waals surface area (Å²) in [5.41, 5.74) is 2.00. The highest BCUT2D eigenvalue weighted by Gasteiger charge is 1.91. The van der Waals surface area contributed by atoms with E-state index in [4.69, 9.17) is 11.6 Å². The van der Waals surface area contributed by atoms with Gasteiger partial charge in [-0.2, -0.15) is 0 Å². The lowest BCUT2D eigenvalue weighted by molar-refractivity contribution is -0.109. The van der Waals surface area contributed by atoms with E-state index in [0.29, 0.717) is 11.6 Å². The zero-order valence-electron chi connectivity index (χ0n) is 8.42. The lowest BCUT2D eigenvalue weighted by Crippen LogP contribution is -1.83. The Morgan fingerprint density at radius 2 is 2.33 bits per heavy atom. The Bertz CT molecular complexity index is 404. The Kier molecular flexibility index (Phi) is 5.31. The largest absolute Gasteiger partial charge is 0.288 e. The number of hydrogen-bond donors (Lipinski definition) is 0. The Labute approximate surface area is 99.2 Å². The summed E-state index contributed by atoms with van der Waals surface area (Å²) < 4.78 is 0. The molecule has 0 aliphatic rings. The molecule has 0 amide bonds. The van der Waals surface area contributed by atoms with Crippen LogP contribution in [0.1, 0.15) is 18.1 Å². The maximum atomic E-state index is 10.6.